The molecule has 0 radical (unpaired) electrons. The summed E-state index contributed by atoms with van der Waals surface area (Å²) < 4.78 is 11.6. The first-order valence-corrected chi connectivity index (χ1v) is 15.4. The molecule has 1 unspecified atom stereocenters. The lowest BCUT2D eigenvalue weighted by Gasteiger charge is -2.20. The van der Waals surface area contributed by atoms with Gasteiger partial charge in [0, 0.05) is 18.7 Å². The van der Waals surface area contributed by atoms with Crippen molar-refractivity contribution in [3.63, 3.8) is 0 Å². The number of hydrogen-bond acceptors (Lipinski definition) is 1. The lowest BCUT2D eigenvalue weighted by Crippen LogP contribution is -2.04. The Bertz CT molecular complexity index is 1400. The van der Waals surface area contributed by atoms with Crippen LogP contribution in [0.2, 0.25) is 0 Å². The number of aryl methyl sites for hydroxylation is 1. The fourth-order valence-corrected chi connectivity index (χ4v) is 5.77. The van der Waals surface area contributed by atoms with Crippen LogP contribution >= 0.6 is 7.37 Å². The van der Waals surface area contributed by atoms with Gasteiger partial charge in [0.25, 0.3) is 0 Å². The summed E-state index contributed by atoms with van der Waals surface area (Å²) in [5.41, 5.74) is 9.77. The van der Waals surface area contributed by atoms with Crippen molar-refractivity contribution in [2.24, 2.45) is 0 Å². The van der Waals surface area contributed by atoms with E-state index in [4.69, 9.17) is 0 Å². The van der Waals surface area contributed by atoms with Gasteiger partial charge in [0.15, 0.2) is 7.37 Å². The van der Waals surface area contributed by atoms with Crippen molar-refractivity contribution >= 4 is 7.37 Å². The van der Waals surface area contributed by atoms with Gasteiger partial charge in [-0.3, -0.25) is 4.57 Å². The van der Waals surface area contributed by atoms with Crippen molar-refractivity contribution in [1.29, 1.82) is 0 Å². The van der Waals surface area contributed by atoms with E-state index in [0.29, 0.717) is 6.16 Å². The van der Waals surface area contributed by atoms with Crippen LogP contribution in [0, 0.1) is 0 Å². The van der Waals surface area contributed by atoms with Crippen LogP contribution in [0.25, 0.3) is 22.3 Å². The van der Waals surface area contributed by atoms with E-state index in [0.717, 1.165) is 12.8 Å². The summed E-state index contributed by atoms with van der Waals surface area (Å²) in [6, 6.07) is 47.5. The molecule has 0 bridgehead atoms. The van der Waals surface area contributed by atoms with Gasteiger partial charge in [0.1, 0.15) is 0 Å². The third-order valence-electron chi connectivity index (χ3n) is 7.05. The molecule has 0 saturated carbocycles. The number of benzene rings is 5. The monoisotopic (exact) mass is 516 g/mol. The van der Waals surface area contributed by atoms with Gasteiger partial charge in [-0.05, 0) is 57.3 Å². The first kappa shape index (κ1) is 25.9. The van der Waals surface area contributed by atoms with Gasteiger partial charge in [-0.1, -0.05) is 133 Å². The Hall–Kier alpha value is -3.71. The normalized spacial score (nSPS) is 12.8. The van der Waals surface area contributed by atoms with E-state index in [1.54, 1.807) is 0 Å². The molecular weight excluding hydrogens is 483 g/mol. The molecule has 0 aliphatic rings. The van der Waals surface area contributed by atoms with E-state index >= 15 is 0 Å². The van der Waals surface area contributed by atoms with E-state index in [9.17, 15) is 9.46 Å². The van der Waals surface area contributed by atoms with Gasteiger partial charge >= 0.3 is 0 Å². The Kier molecular flexibility index (Phi) is 8.03. The first-order chi connectivity index (χ1) is 18.5. The van der Waals surface area contributed by atoms with Crippen molar-refractivity contribution in [2.75, 3.05) is 12.8 Å². The molecule has 190 valence electrons. The lowest BCUT2D eigenvalue weighted by molar-refractivity contribution is 0.483. The van der Waals surface area contributed by atoms with Crippen molar-refractivity contribution in [2.45, 2.75) is 18.8 Å². The van der Waals surface area contributed by atoms with Crippen molar-refractivity contribution in [3.8, 4) is 22.3 Å². The maximum absolute atomic E-state index is 11.6. The van der Waals surface area contributed by atoms with Gasteiger partial charge in [0.05, 0.1) is 0 Å². The summed E-state index contributed by atoms with van der Waals surface area (Å²) in [5.74, 6) is 0.104. The average molecular weight is 517 g/mol. The smallest absolute Gasteiger partial charge is 0.197 e. The summed E-state index contributed by atoms with van der Waals surface area (Å²) in [4.78, 5) is 9.60. The van der Waals surface area contributed by atoms with Crippen LogP contribution in [-0.2, 0) is 11.0 Å². The van der Waals surface area contributed by atoms with E-state index < -0.39 is 7.37 Å². The first-order valence-electron chi connectivity index (χ1n) is 13.2. The van der Waals surface area contributed by atoms with Gasteiger partial charge in [0.2, 0.25) is 0 Å². The molecule has 5 aromatic carbocycles. The Balaban J connectivity index is 1.45. The minimum atomic E-state index is -2.96. The van der Waals surface area contributed by atoms with E-state index in [1.165, 1.54) is 51.2 Å². The summed E-state index contributed by atoms with van der Waals surface area (Å²) in [6.45, 7) is 1.44. The van der Waals surface area contributed by atoms with Gasteiger partial charge < -0.3 is 4.89 Å². The number of hydrogen-bond donors (Lipinski definition) is 1. The molecule has 1 atom stereocenters. The third kappa shape index (κ3) is 6.58. The topological polar surface area (TPSA) is 37.3 Å². The zero-order valence-corrected chi connectivity index (χ0v) is 22.6. The van der Waals surface area contributed by atoms with E-state index in [2.05, 4.69) is 121 Å². The van der Waals surface area contributed by atoms with Crippen molar-refractivity contribution < 1.29 is 9.46 Å². The zero-order chi connectivity index (χ0) is 26.4. The standard InChI is InChI=1S/C35H33O2P/c1-38(36,37)26-8-9-27-14-16-32(17-15-27)35(33-22-18-30(19-23-33)28-10-4-2-5-11-28)34-24-20-31(21-25-34)29-12-6-3-7-13-29/h2-7,10-25,35H,8-9,26H2,1H3,(H,36,37). The van der Waals surface area contributed by atoms with E-state index in [1.807, 2.05) is 12.1 Å². The van der Waals surface area contributed by atoms with Gasteiger partial charge in [-0.25, -0.2) is 0 Å². The highest BCUT2D eigenvalue weighted by Gasteiger charge is 2.18. The maximum atomic E-state index is 11.6. The Morgan fingerprint density at radius 2 is 0.921 bits per heavy atom. The van der Waals surface area contributed by atoms with Crippen molar-refractivity contribution in [1.82, 2.24) is 0 Å². The van der Waals surface area contributed by atoms with Crippen LogP contribution in [-0.4, -0.2) is 17.7 Å². The second kappa shape index (κ2) is 11.8. The molecule has 1 N–H and O–H groups in total. The van der Waals surface area contributed by atoms with Crippen LogP contribution in [0.4, 0.5) is 0 Å². The van der Waals surface area contributed by atoms with Gasteiger partial charge in [-0.2, -0.15) is 0 Å². The predicted octanol–water partition coefficient (Wildman–Crippen LogP) is 9.03. The quantitative estimate of drug-likeness (QED) is 0.157. The molecule has 38 heavy (non-hydrogen) atoms. The predicted molar refractivity (Wildman–Crippen MR) is 160 cm³/mol. The highest BCUT2D eigenvalue weighted by molar-refractivity contribution is 7.57. The average Bonchev–Trinajstić information content (AvgIpc) is 2.95. The van der Waals surface area contributed by atoms with Crippen LogP contribution in [0.3, 0.4) is 0 Å². The SMILES string of the molecule is CP(=O)(O)CCCc1ccc(C(c2ccc(-c3ccccc3)cc2)c2ccc(-c3ccccc3)cc2)cc1. The molecule has 5 rings (SSSR count). The summed E-state index contributed by atoms with van der Waals surface area (Å²) in [7, 11) is -2.96. The molecule has 2 nitrogen and oxygen atoms in total. The lowest BCUT2D eigenvalue weighted by atomic mass is 9.83. The largest absolute Gasteiger partial charge is 0.344 e. The van der Waals surface area contributed by atoms with Crippen molar-refractivity contribution in [3.05, 3.63) is 156 Å². The maximum Gasteiger partial charge on any atom is 0.197 e. The second-order valence-electron chi connectivity index (χ2n) is 10.0. The molecule has 3 heteroatoms. The van der Waals surface area contributed by atoms with Gasteiger partial charge in [-0.15, -0.1) is 0 Å². The highest BCUT2D eigenvalue weighted by Crippen LogP contribution is 2.37. The van der Waals surface area contributed by atoms with Crippen LogP contribution in [0.1, 0.15) is 34.6 Å². The molecule has 0 fully saturated rings. The molecule has 0 amide bonds. The Morgan fingerprint density at radius 3 is 1.32 bits per heavy atom. The van der Waals surface area contributed by atoms with E-state index in [-0.39, 0.29) is 5.92 Å². The third-order valence-corrected chi connectivity index (χ3v) is 8.20. The summed E-state index contributed by atoms with van der Waals surface area (Å²) in [6.07, 6.45) is 1.88. The second-order valence-corrected chi connectivity index (χ2v) is 12.6. The molecule has 0 aliphatic carbocycles. The van der Waals surface area contributed by atoms with Crippen LogP contribution < -0.4 is 0 Å². The molecule has 0 aliphatic heterocycles. The summed E-state index contributed by atoms with van der Waals surface area (Å²) in [5, 5.41) is 0. The minimum Gasteiger partial charge on any atom is -0.344 e. The van der Waals surface area contributed by atoms with Crippen LogP contribution in [0.5, 0.6) is 0 Å². The minimum absolute atomic E-state index is 0.104. The molecular formula is C35H33O2P. The molecule has 0 heterocycles. The summed E-state index contributed by atoms with van der Waals surface area (Å²) >= 11 is 0. The fourth-order valence-electron chi connectivity index (χ4n) is 5.03. The molecule has 0 aromatic heterocycles. The number of rotatable bonds is 9. The van der Waals surface area contributed by atoms with Crippen LogP contribution in [0.15, 0.2) is 133 Å². The zero-order valence-electron chi connectivity index (χ0n) is 21.7. The molecule has 0 saturated heterocycles. The Morgan fingerprint density at radius 1 is 0.553 bits per heavy atom. The Labute approximate surface area is 226 Å². The highest BCUT2D eigenvalue weighted by atomic mass is 31.2. The molecule has 5 aromatic rings. The fraction of sp³-hybridized carbons (Fsp3) is 0.143. The molecule has 0 spiro atoms.